The molecule has 5 rings (SSSR count). The number of rotatable bonds is 10. The van der Waals surface area contributed by atoms with E-state index >= 15 is 4.57 Å². The van der Waals surface area contributed by atoms with Crippen molar-refractivity contribution in [3.05, 3.63) is 60.7 Å². The van der Waals surface area contributed by atoms with Crippen LogP contribution in [0.2, 0.25) is 6.55 Å². The van der Waals surface area contributed by atoms with Gasteiger partial charge in [0.15, 0.2) is 24.0 Å². The predicted molar refractivity (Wildman–Crippen MR) is 152 cm³/mol. The molecule has 0 radical (unpaired) electrons. The molecule has 0 amide bonds. The van der Waals surface area contributed by atoms with Gasteiger partial charge >= 0.3 is 7.60 Å². The first-order valence-corrected chi connectivity index (χ1v) is 17.9. The zero-order valence-corrected chi connectivity index (χ0v) is 26.2. The Morgan fingerprint density at radius 3 is 1.85 bits per heavy atom. The Morgan fingerprint density at radius 2 is 1.38 bits per heavy atom. The second-order valence-electron chi connectivity index (χ2n) is 11.3. The summed E-state index contributed by atoms with van der Waals surface area (Å²) < 4.78 is 66.6. The van der Waals surface area contributed by atoms with E-state index in [0.717, 1.165) is 10.4 Å². The average Bonchev–Trinajstić information content (AvgIpc) is 3.53. The van der Waals surface area contributed by atoms with Gasteiger partial charge in [0.2, 0.25) is 5.34 Å². The first kappa shape index (κ1) is 30.0. The molecule has 0 bridgehead atoms. The lowest BCUT2D eigenvalue weighted by atomic mass is 10.1. The van der Waals surface area contributed by atoms with Crippen LogP contribution in [0.1, 0.15) is 41.5 Å². The third kappa shape index (κ3) is 5.17. The smallest absolute Gasteiger partial charge is 0.366 e. The highest BCUT2D eigenvalue weighted by Gasteiger charge is 2.77. The summed E-state index contributed by atoms with van der Waals surface area (Å²) in [5.41, 5.74) is 0. The van der Waals surface area contributed by atoms with E-state index in [4.69, 9.17) is 37.2 Å². The van der Waals surface area contributed by atoms with Crippen molar-refractivity contribution in [1.29, 1.82) is 0 Å². The van der Waals surface area contributed by atoms with E-state index in [-0.39, 0.29) is 19.8 Å². The van der Waals surface area contributed by atoms with Crippen LogP contribution in [0.15, 0.2) is 60.7 Å². The summed E-state index contributed by atoms with van der Waals surface area (Å²) >= 11 is 0. The molecule has 2 aromatic rings. The standard InChI is InChI=1S/C29H41O9PSi/c1-8-32-39(30,33-9-2)29(38-40(7,21-16-12-10-13-17-21)22-18-14-11-15-19-22)24(23-20-31-27(3,4)35-23)34-26-25(29)36-28(5,6)37-26/h10-19,23-26H,8-9,20H2,1-7H3/t23-,24-,25+,26-,29-/m1/s1. The number of hydrogen-bond donors (Lipinski definition) is 0. The summed E-state index contributed by atoms with van der Waals surface area (Å²) in [6.45, 7) is 13.3. The van der Waals surface area contributed by atoms with Gasteiger partial charge in [-0.05, 0) is 58.5 Å². The van der Waals surface area contributed by atoms with Gasteiger partial charge in [-0.3, -0.25) is 4.57 Å². The zero-order valence-electron chi connectivity index (χ0n) is 24.3. The molecule has 5 atom stereocenters. The van der Waals surface area contributed by atoms with Crippen LogP contribution in [0, 0.1) is 0 Å². The summed E-state index contributed by atoms with van der Waals surface area (Å²) in [4.78, 5) is 0. The molecule has 3 fully saturated rings. The fourth-order valence-electron chi connectivity index (χ4n) is 5.92. The lowest BCUT2D eigenvalue weighted by Crippen LogP contribution is -2.68. The minimum atomic E-state index is -4.17. The molecule has 220 valence electrons. The topological polar surface area (TPSA) is 90.9 Å². The molecule has 0 aliphatic carbocycles. The molecular weight excluding hydrogens is 551 g/mol. The van der Waals surface area contributed by atoms with Crippen molar-refractivity contribution >= 4 is 26.3 Å². The molecule has 0 aromatic heterocycles. The highest BCUT2D eigenvalue weighted by atomic mass is 31.2. The monoisotopic (exact) mass is 592 g/mol. The number of ether oxygens (including phenoxy) is 5. The van der Waals surface area contributed by atoms with Crippen molar-refractivity contribution < 1.29 is 41.7 Å². The fraction of sp³-hybridized carbons (Fsp3) is 0.586. The van der Waals surface area contributed by atoms with E-state index in [1.54, 1.807) is 27.7 Å². The van der Waals surface area contributed by atoms with Crippen LogP contribution in [0.25, 0.3) is 0 Å². The summed E-state index contributed by atoms with van der Waals surface area (Å²) in [6.07, 6.45) is -3.45. The molecule has 3 heterocycles. The van der Waals surface area contributed by atoms with E-state index in [1.807, 2.05) is 74.5 Å². The van der Waals surface area contributed by atoms with E-state index in [0.29, 0.717) is 0 Å². The lowest BCUT2D eigenvalue weighted by molar-refractivity contribution is -0.237. The lowest BCUT2D eigenvalue weighted by Gasteiger charge is -2.47. The number of hydrogen-bond acceptors (Lipinski definition) is 9. The Kier molecular flexibility index (Phi) is 8.26. The van der Waals surface area contributed by atoms with Gasteiger partial charge in [-0.2, -0.15) is 0 Å². The summed E-state index contributed by atoms with van der Waals surface area (Å²) in [6, 6.07) is 20.0. The van der Waals surface area contributed by atoms with Gasteiger partial charge < -0.3 is 37.2 Å². The van der Waals surface area contributed by atoms with Gasteiger partial charge in [0, 0.05) is 0 Å². The predicted octanol–water partition coefficient (Wildman–Crippen LogP) is 4.38. The molecule has 40 heavy (non-hydrogen) atoms. The van der Waals surface area contributed by atoms with Crippen molar-refractivity contribution in [3.8, 4) is 0 Å². The maximum Gasteiger partial charge on any atom is 0.366 e. The normalized spacial score (nSPS) is 31.4. The van der Waals surface area contributed by atoms with Gasteiger partial charge in [-0.15, -0.1) is 0 Å². The average molecular weight is 593 g/mol. The van der Waals surface area contributed by atoms with Crippen LogP contribution in [0.3, 0.4) is 0 Å². The fourth-order valence-corrected chi connectivity index (χ4v) is 12.2. The van der Waals surface area contributed by atoms with Crippen LogP contribution >= 0.6 is 7.60 Å². The zero-order chi connectivity index (χ0) is 28.8. The van der Waals surface area contributed by atoms with Crippen LogP contribution in [0.5, 0.6) is 0 Å². The van der Waals surface area contributed by atoms with Crippen molar-refractivity contribution in [3.63, 3.8) is 0 Å². The van der Waals surface area contributed by atoms with Gasteiger partial charge in [-0.1, -0.05) is 60.7 Å². The van der Waals surface area contributed by atoms with Crippen LogP contribution in [-0.2, 0) is 41.7 Å². The summed E-state index contributed by atoms with van der Waals surface area (Å²) in [5, 5.41) is 0.201. The minimum absolute atomic E-state index is 0.124. The van der Waals surface area contributed by atoms with E-state index in [9.17, 15) is 0 Å². The Hall–Kier alpha value is -1.43. The Balaban J connectivity index is 1.76. The maximum absolute atomic E-state index is 15.3. The highest BCUT2D eigenvalue weighted by molar-refractivity contribution is 7.55. The molecule has 9 nitrogen and oxygen atoms in total. The summed E-state index contributed by atoms with van der Waals surface area (Å²) in [5.74, 6) is -1.90. The third-order valence-electron chi connectivity index (χ3n) is 7.57. The molecule has 0 N–H and O–H groups in total. The Morgan fingerprint density at radius 1 is 0.825 bits per heavy atom. The molecular formula is C29H41O9PSi. The molecule has 2 aromatic carbocycles. The first-order chi connectivity index (χ1) is 18.9. The molecule has 0 spiro atoms. The van der Waals surface area contributed by atoms with Gasteiger partial charge in [0.05, 0.1) is 19.8 Å². The van der Waals surface area contributed by atoms with Gasteiger partial charge in [0.25, 0.3) is 8.32 Å². The quantitative estimate of drug-likeness (QED) is 0.294. The number of benzene rings is 2. The van der Waals surface area contributed by atoms with Gasteiger partial charge in [0.1, 0.15) is 12.2 Å². The molecule has 0 saturated carbocycles. The summed E-state index contributed by atoms with van der Waals surface area (Å²) in [7, 11) is -7.35. The van der Waals surface area contributed by atoms with Crippen molar-refractivity contribution in [2.45, 2.75) is 89.6 Å². The molecule has 11 heteroatoms. The van der Waals surface area contributed by atoms with Crippen molar-refractivity contribution in [2.24, 2.45) is 0 Å². The van der Waals surface area contributed by atoms with Crippen LogP contribution in [0.4, 0.5) is 0 Å². The largest absolute Gasteiger partial charge is 0.388 e. The molecule has 3 aliphatic heterocycles. The van der Waals surface area contributed by atoms with E-state index in [2.05, 4.69) is 6.55 Å². The van der Waals surface area contributed by atoms with E-state index < -0.39 is 57.4 Å². The molecule has 0 unspecified atom stereocenters. The van der Waals surface area contributed by atoms with Crippen molar-refractivity contribution in [2.75, 3.05) is 19.8 Å². The maximum atomic E-state index is 15.3. The number of fused-ring (bicyclic) bond motifs is 1. The van der Waals surface area contributed by atoms with E-state index in [1.165, 1.54) is 0 Å². The van der Waals surface area contributed by atoms with Crippen molar-refractivity contribution in [1.82, 2.24) is 0 Å². The second-order valence-corrected chi connectivity index (χ2v) is 16.9. The first-order valence-electron chi connectivity index (χ1n) is 13.9. The molecule has 3 saturated heterocycles. The Labute approximate surface area is 238 Å². The third-order valence-corrected chi connectivity index (χ3v) is 14.0. The van der Waals surface area contributed by atoms with Crippen LogP contribution < -0.4 is 10.4 Å². The second kappa shape index (κ2) is 11.0. The van der Waals surface area contributed by atoms with Crippen LogP contribution in [-0.4, -0.2) is 69.7 Å². The minimum Gasteiger partial charge on any atom is -0.388 e. The highest BCUT2D eigenvalue weighted by Crippen LogP contribution is 2.70. The molecule has 3 aliphatic rings. The SMILES string of the molecule is CCOP(=O)(OCC)[C@]1(O[Si](C)(c2ccccc2)c2ccccc2)[C@@H]([C@H]2COC(C)(C)O2)O[C@@H]2OC(C)(C)O[C@@H]21. The Bertz CT molecular complexity index is 1160. The van der Waals surface area contributed by atoms with Gasteiger partial charge in [-0.25, -0.2) is 0 Å².